The van der Waals surface area contributed by atoms with Crippen LogP contribution in [-0.2, 0) is 0 Å². The highest BCUT2D eigenvalue weighted by Crippen LogP contribution is 2.42. The number of para-hydroxylation sites is 4. The van der Waals surface area contributed by atoms with Crippen molar-refractivity contribution in [2.75, 3.05) is 0 Å². The van der Waals surface area contributed by atoms with Gasteiger partial charge in [0.05, 0.1) is 33.1 Å². The molecule has 0 unspecified atom stereocenters. The standard InChI is InChI=1S/C60H35N3OS/c1-6-16-51-41(11-1)42-12-2-7-17-52(42)61(51)38-23-26-55-46(33-38)47-34-39(62-53-18-8-3-13-43(53)44-14-4-9-19-54(44)62)24-27-56(47)63(55)40-25-29-58-49(35-40)48-31-36(21-28-57(48)64-58)37-22-30-60-50(32-37)45-15-5-10-20-59(45)65-60/h1-35H. The van der Waals surface area contributed by atoms with Crippen LogP contribution in [0.2, 0.25) is 0 Å². The van der Waals surface area contributed by atoms with Crippen LogP contribution in [0.25, 0.3) is 136 Å². The third kappa shape index (κ3) is 4.96. The smallest absolute Gasteiger partial charge is 0.135 e. The molecule has 0 aliphatic rings. The third-order valence-corrected chi connectivity index (χ3v) is 15.0. The molecule has 0 saturated carbocycles. The van der Waals surface area contributed by atoms with Gasteiger partial charge in [0, 0.05) is 80.3 Å². The maximum Gasteiger partial charge on any atom is 0.135 e. The van der Waals surface area contributed by atoms with Crippen LogP contribution >= 0.6 is 11.3 Å². The number of aromatic nitrogens is 3. The summed E-state index contributed by atoms with van der Waals surface area (Å²) < 4.78 is 16.5. The van der Waals surface area contributed by atoms with Gasteiger partial charge in [-0.3, -0.25) is 0 Å². The minimum atomic E-state index is 0.878. The van der Waals surface area contributed by atoms with Crippen molar-refractivity contribution in [1.82, 2.24) is 13.7 Å². The van der Waals surface area contributed by atoms with Crippen molar-refractivity contribution in [2.45, 2.75) is 0 Å². The summed E-state index contributed by atoms with van der Waals surface area (Å²) in [6.07, 6.45) is 0. The van der Waals surface area contributed by atoms with Crippen LogP contribution in [0, 0.1) is 0 Å². The quantitative estimate of drug-likeness (QED) is 0.173. The van der Waals surface area contributed by atoms with Crippen molar-refractivity contribution in [3.05, 3.63) is 212 Å². The molecule has 4 nitrogen and oxygen atoms in total. The van der Waals surface area contributed by atoms with E-state index in [0.717, 1.165) is 50.0 Å². The predicted molar refractivity (Wildman–Crippen MR) is 275 cm³/mol. The van der Waals surface area contributed by atoms with Gasteiger partial charge in [-0.15, -0.1) is 11.3 Å². The van der Waals surface area contributed by atoms with E-state index in [4.69, 9.17) is 4.42 Å². The molecular weight excluding hydrogens is 811 g/mol. The minimum Gasteiger partial charge on any atom is -0.456 e. The van der Waals surface area contributed by atoms with E-state index in [2.05, 4.69) is 226 Å². The lowest BCUT2D eigenvalue weighted by Gasteiger charge is -2.11. The Hall–Kier alpha value is -8.38. The molecule has 5 aromatic heterocycles. The molecule has 15 rings (SSSR count). The van der Waals surface area contributed by atoms with E-state index in [-0.39, 0.29) is 0 Å². The Balaban J connectivity index is 0.965. The summed E-state index contributed by atoms with van der Waals surface area (Å²) in [5.41, 5.74) is 14.6. The molecule has 0 fully saturated rings. The van der Waals surface area contributed by atoms with E-state index in [0.29, 0.717) is 0 Å². The maximum atomic E-state index is 6.55. The fraction of sp³-hybridized carbons (Fsp3) is 0. The van der Waals surface area contributed by atoms with Gasteiger partial charge in [0.25, 0.3) is 0 Å². The van der Waals surface area contributed by atoms with E-state index in [1.807, 2.05) is 11.3 Å². The summed E-state index contributed by atoms with van der Waals surface area (Å²) in [5.74, 6) is 0. The molecule has 0 spiro atoms. The molecular formula is C60H35N3OS. The van der Waals surface area contributed by atoms with Gasteiger partial charge in [-0.2, -0.15) is 0 Å². The molecule has 10 aromatic carbocycles. The van der Waals surface area contributed by atoms with E-state index in [9.17, 15) is 0 Å². The number of furan rings is 1. The molecule has 0 atom stereocenters. The van der Waals surface area contributed by atoms with Crippen molar-refractivity contribution in [2.24, 2.45) is 0 Å². The van der Waals surface area contributed by atoms with Gasteiger partial charge in [0.15, 0.2) is 0 Å². The fourth-order valence-electron chi connectivity index (χ4n) is 10.9. The topological polar surface area (TPSA) is 27.9 Å². The lowest BCUT2D eigenvalue weighted by molar-refractivity contribution is 0.669. The highest BCUT2D eigenvalue weighted by molar-refractivity contribution is 7.25. The molecule has 0 aliphatic carbocycles. The molecule has 0 N–H and O–H groups in total. The molecule has 15 aromatic rings. The van der Waals surface area contributed by atoms with Gasteiger partial charge < -0.3 is 18.1 Å². The molecule has 0 saturated heterocycles. The Morgan fingerprint density at radius 3 is 1.17 bits per heavy atom. The Kier molecular flexibility index (Phi) is 7.07. The van der Waals surface area contributed by atoms with Crippen LogP contribution < -0.4 is 0 Å². The van der Waals surface area contributed by atoms with Crippen molar-refractivity contribution in [1.29, 1.82) is 0 Å². The molecule has 65 heavy (non-hydrogen) atoms. The highest BCUT2D eigenvalue weighted by atomic mass is 32.1. The van der Waals surface area contributed by atoms with Crippen molar-refractivity contribution < 1.29 is 4.42 Å². The Morgan fingerprint density at radius 2 is 0.631 bits per heavy atom. The van der Waals surface area contributed by atoms with Crippen LogP contribution in [0.1, 0.15) is 0 Å². The molecule has 0 radical (unpaired) electrons. The Bertz CT molecular complexity index is 4220. The largest absolute Gasteiger partial charge is 0.456 e. The second-order valence-corrected chi connectivity index (χ2v) is 18.4. The number of hydrogen-bond acceptors (Lipinski definition) is 2. The normalized spacial score (nSPS) is 12.3. The number of hydrogen-bond donors (Lipinski definition) is 0. The first-order valence-electron chi connectivity index (χ1n) is 22.2. The van der Waals surface area contributed by atoms with Gasteiger partial charge in [0.1, 0.15) is 11.2 Å². The van der Waals surface area contributed by atoms with Gasteiger partial charge >= 0.3 is 0 Å². The van der Waals surface area contributed by atoms with Gasteiger partial charge in [-0.1, -0.05) is 103 Å². The van der Waals surface area contributed by atoms with Crippen LogP contribution in [0.15, 0.2) is 217 Å². The van der Waals surface area contributed by atoms with E-state index >= 15 is 0 Å². The van der Waals surface area contributed by atoms with Gasteiger partial charge in [-0.05, 0) is 120 Å². The summed E-state index contributed by atoms with van der Waals surface area (Å²) >= 11 is 1.85. The lowest BCUT2D eigenvalue weighted by Crippen LogP contribution is -1.96. The predicted octanol–water partition coefficient (Wildman–Crippen LogP) is 16.9. The summed E-state index contributed by atoms with van der Waals surface area (Å²) in [4.78, 5) is 0. The first-order chi connectivity index (χ1) is 32.2. The zero-order valence-corrected chi connectivity index (χ0v) is 35.7. The average molecular weight is 846 g/mol. The van der Waals surface area contributed by atoms with Crippen LogP contribution in [0.3, 0.4) is 0 Å². The highest BCUT2D eigenvalue weighted by Gasteiger charge is 2.20. The average Bonchev–Trinajstić information content (AvgIpc) is 4.17. The fourth-order valence-corrected chi connectivity index (χ4v) is 12.0. The number of fused-ring (bicyclic) bond motifs is 15. The summed E-state index contributed by atoms with van der Waals surface area (Å²) in [5, 5.41) is 12.2. The monoisotopic (exact) mass is 845 g/mol. The van der Waals surface area contributed by atoms with E-state index in [1.54, 1.807) is 0 Å². The Morgan fingerprint density at radius 1 is 0.262 bits per heavy atom. The maximum absolute atomic E-state index is 6.55. The van der Waals surface area contributed by atoms with Crippen molar-refractivity contribution in [3.63, 3.8) is 0 Å². The van der Waals surface area contributed by atoms with Gasteiger partial charge in [0.2, 0.25) is 0 Å². The van der Waals surface area contributed by atoms with Gasteiger partial charge in [-0.25, -0.2) is 0 Å². The number of nitrogens with zero attached hydrogens (tertiary/aromatic N) is 3. The first kappa shape index (κ1) is 35.1. The number of rotatable bonds is 4. The zero-order valence-electron chi connectivity index (χ0n) is 34.9. The SMILES string of the molecule is c1ccc2c(c1)sc1ccc(-c3ccc4oc5ccc(-n6c7ccc(-n8c9ccccc9c9ccccc98)cc7c7cc(-n8c9ccccc9c9ccccc98)ccc76)cc5c4c3)cc12. The van der Waals surface area contributed by atoms with Crippen LogP contribution in [0.4, 0.5) is 0 Å². The summed E-state index contributed by atoms with van der Waals surface area (Å²) in [7, 11) is 0. The third-order valence-electron chi connectivity index (χ3n) is 13.8. The van der Waals surface area contributed by atoms with E-state index in [1.165, 1.54) is 85.7 Å². The zero-order chi connectivity index (χ0) is 42.3. The van der Waals surface area contributed by atoms with Crippen molar-refractivity contribution in [3.8, 4) is 28.2 Å². The van der Waals surface area contributed by atoms with Crippen LogP contribution in [0.5, 0.6) is 0 Å². The number of benzene rings is 10. The molecule has 5 heteroatoms. The lowest BCUT2D eigenvalue weighted by atomic mass is 10.0. The summed E-state index contributed by atoms with van der Waals surface area (Å²) in [6.45, 7) is 0. The minimum absolute atomic E-state index is 0.878. The summed E-state index contributed by atoms with van der Waals surface area (Å²) in [6, 6.07) is 77.9. The molecule has 0 aliphatic heterocycles. The second kappa shape index (κ2) is 13.1. The van der Waals surface area contributed by atoms with E-state index < -0.39 is 0 Å². The van der Waals surface area contributed by atoms with Crippen LogP contribution in [-0.4, -0.2) is 13.7 Å². The first-order valence-corrected chi connectivity index (χ1v) is 23.0. The van der Waals surface area contributed by atoms with Crippen molar-refractivity contribution >= 4 is 119 Å². The molecule has 302 valence electrons. The molecule has 5 heterocycles. The second-order valence-electron chi connectivity index (χ2n) is 17.3. The number of thiophene rings is 1. The molecule has 0 amide bonds. The Labute approximate surface area is 375 Å². The molecule has 0 bridgehead atoms.